The molecule has 0 spiro atoms. The SMILES string of the molecule is Cc1cccc(C#N)c1-c1ccc2c(=O)n(-c3cncc4ccccc34)c(=O)[nH]c2c1. The van der Waals surface area contributed by atoms with Crippen LogP contribution in [0, 0.1) is 18.3 Å². The van der Waals surface area contributed by atoms with Crippen molar-refractivity contribution < 1.29 is 0 Å². The van der Waals surface area contributed by atoms with E-state index in [0.717, 1.165) is 32.0 Å². The van der Waals surface area contributed by atoms with E-state index >= 15 is 0 Å². The highest BCUT2D eigenvalue weighted by molar-refractivity contribution is 5.90. The number of H-pyrrole nitrogens is 1. The molecule has 0 aliphatic rings. The van der Waals surface area contributed by atoms with Crippen LogP contribution in [-0.2, 0) is 0 Å². The Morgan fingerprint density at radius 3 is 2.65 bits per heavy atom. The summed E-state index contributed by atoms with van der Waals surface area (Å²) in [6.07, 6.45) is 3.21. The number of nitriles is 1. The van der Waals surface area contributed by atoms with Gasteiger partial charge in [0.15, 0.2) is 0 Å². The minimum atomic E-state index is -0.543. The van der Waals surface area contributed by atoms with Crippen molar-refractivity contribution in [1.29, 1.82) is 5.26 Å². The first-order valence-corrected chi connectivity index (χ1v) is 9.71. The average molecular weight is 404 g/mol. The standard InChI is InChI=1S/C25H16N4O2/c1-15-5-4-7-17(12-26)23(15)16-9-10-20-21(11-16)28-25(31)29(24(20)30)22-14-27-13-18-6-2-3-8-19(18)22/h2-11,13-14H,1H3,(H,28,31). The van der Waals surface area contributed by atoms with Crippen LogP contribution in [0.15, 0.2) is 82.6 Å². The van der Waals surface area contributed by atoms with E-state index in [9.17, 15) is 14.9 Å². The van der Waals surface area contributed by atoms with Gasteiger partial charge < -0.3 is 4.98 Å². The van der Waals surface area contributed by atoms with Gasteiger partial charge in [0, 0.05) is 22.5 Å². The van der Waals surface area contributed by atoms with Crippen LogP contribution in [0.4, 0.5) is 0 Å². The first-order chi connectivity index (χ1) is 15.1. The van der Waals surface area contributed by atoms with Gasteiger partial charge in [-0.2, -0.15) is 5.26 Å². The largest absolute Gasteiger partial charge is 0.333 e. The van der Waals surface area contributed by atoms with Crippen molar-refractivity contribution in [1.82, 2.24) is 14.5 Å². The van der Waals surface area contributed by atoms with E-state index < -0.39 is 11.2 Å². The van der Waals surface area contributed by atoms with Gasteiger partial charge in [0.05, 0.1) is 34.4 Å². The number of nitrogens with one attached hydrogen (secondary N) is 1. The lowest BCUT2D eigenvalue weighted by molar-refractivity contribution is 0.902. The van der Waals surface area contributed by atoms with Crippen LogP contribution in [-0.4, -0.2) is 14.5 Å². The Balaban J connectivity index is 1.78. The molecule has 2 aromatic heterocycles. The van der Waals surface area contributed by atoms with Crippen LogP contribution in [0.25, 0.3) is 38.5 Å². The van der Waals surface area contributed by atoms with Gasteiger partial charge in [-0.15, -0.1) is 0 Å². The highest BCUT2D eigenvalue weighted by atomic mass is 16.2. The molecule has 0 atom stereocenters. The Labute approximate surface area is 176 Å². The summed E-state index contributed by atoms with van der Waals surface area (Å²) in [4.78, 5) is 33.3. The van der Waals surface area contributed by atoms with E-state index in [4.69, 9.17) is 0 Å². The molecule has 6 nitrogen and oxygen atoms in total. The first-order valence-electron chi connectivity index (χ1n) is 9.71. The Hall–Kier alpha value is -4.50. The zero-order valence-electron chi connectivity index (χ0n) is 16.6. The third-order valence-electron chi connectivity index (χ3n) is 5.47. The highest BCUT2D eigenvalue weighted by Gasteiger charge is 2.14. The molecule has 0 fully saturated rings. The number of aromatic nitrogens is 3. The number of nitrogens with zero attached hydrogens (tertiary/aromatic N) is 3. The van der Waals surface area contributed by atoms with E-state index in [1.165, 1.54) is 6.20 Å². The van der Waals surface area contributed by atoms with Gasteiger partial charge in [0.25, 0.3) is 5.56 Å². The zero-order valence-corrected chi connectivity index (χ0v) is 16.6. The van der Waals surface area contributed by atoms with E-state index in [2.05, 4.69) is 16.0 Å². The van der Waals surface area contributed by atoms with E-state index in [1.54, 1.807) is 30.5 Å². The Morgan fingerprint density at radius 1 is 0.968 bits per heavy atom. The molecular weight excluding hydrogens is 388 g/mol. The number of aryl methyl sites for hydroxylation is 1. The summed E-state index contributed by atoms with van der Waals surface area (Å²) in [6.45, 7) is 1.93. The molecule has 1 N–H and O–H groups in total. The van der Waals surface area contributed by atoms with Gasteiger partial charge >= 0.3 is 5.69 Å². The summed E-state index contributed by atoms with van der Waals surface area (Å²) >= 11 is 0. The van der Waals surface area contributed by atoms with Crippen molar-refractivity contribution >= 4 is 21.7 Å². The monoisotopic (exact) mass is 404 g/mol. The fraction of sp³-hybridized carbons (Fsp3) is 0.0400. The lowest BCUT2D eigenvalue weighted by Crippen LogP contribution is -2.33. The van der Waals surface area contributed by atoms with E-state index in [0.29, 0.717) is 22.2 Å². The van der Waals surface area contributed by atoms with Gasteiger partial charge in [-0.05, 0) is 36.2 Å². The number of hydrogen-bond acceptors (Lipinski definition) is 4. The molecule has 0 bridgehead atoms. The molecule has 31 heavy (non-hydrogen) atoms. The minimum absolute atomic E-state index is 0.378. The van der Waals surface area contributed by atoms with Gasteiger partial charge in [-0.3, -0.25) is 9.78 Å². The molecule has 148 valence electrons. The minimum Gasteiger partial charge on any atom is -0.306 e. The first kappa shape index (κ1) is 18.5. The van der Waals surface area contributed by atoms with Crippen molar-refractivity contribution in [2.75, 3.05) is 0 Å². The van der Waals surface area contributed by atoms with Crippen LogP contribution in [0.3, 0.4) is 0 Å². The van der Waals surface area contributed by atoms with E-state index in [-0.39, 0.29) is 0 Å². The predicted octanol–water partition coefficient (Wildman–Crippen LogP) is 4.07. The predicted molar refractivity (Wildman–Crippen MR) is 120 cm³/mol. The number of rotatable bonds is 2. The zero-order chi connectivity index (χ0) is 21.5. The molecule has 0 saturated carbocycles. The molecule has 0 aliphatic carbocycles. The summed E-state index contributed by atoms with van der Waals surface area (Å²) in [5.74, 6) is 0. The number of fused-ring (bicyclic) bond motifs is 2. The molecule has 5 aromatic rings. The normalized spacial score (nSPS) is 11.0. The van der Waals surface area contributed by atoms with E-state index in [1.807, 2.05) is 43.3 Å². The summed E-state index contributed by atoms with van der Waals surface area (Å²) in [5.41, 5.74) is 2.92. The second kappa shape index (κ2) is 7.08. The number of hydrogen-bond donors (Lipinski definition) is 1. The van der Waals surface area contributed by atoms with Crippen LogP contribution in [0.2, 0.25) is 0 Å². The van der Waals surface area contributed by atoms with Crippen molar-refractivity contribution in [3.05, 3.63) is 105 Å². The summed E-state index contributed by atoms with van der Waals surface area (Å²) in [5, 5.41) is 11.5. The van der Waals surface area contributed by atoms with Gasteiger partial charge in [0.2, 0.25) is 0 Å². The van der Waals surface area contributed by atoms with Crippen LogP contribution in [0.5, 0.6) is 0 Å². The lowest BCUT2D eigenvalue weighted by atomic mass is 9.95. The molecule has 0 amide bonds. The summed E-state index contributed by atoms with van der Waals surface area (Å²) in [6, 6.07) is 20.4. The molecule has 0 radical (unpaired) electrons. The van der Waals surface area contributed by atoms with Crippen molar-refractivity contribution in [2.24, 2.45) is 0 Å². The number of aromatic amines is 1. The molecule has 0 unspecified atom stereocenters. The molecule has 6 heteroatoms. The third kappa shape index (κ3) is 2.92. The molecule has 2 heterocycles. The molecular formula is C25H16N4O2. The third-order valence-corrected chi connectivity index (χ3v) is 5.47. The fourth-order valence-electron chi connectivity index (χ4n) is 4.02. The Bertz CT molecular complexity index is 1650. The highest BCUT2D eigenvalue weighted by Crippen LogP contribution is 2.29. The molecule has 0 saturated heterocycles. The van der Waals surface area contributed by atoms with Crippen LogP contribution in [0.1, 0.15) is 11.1 Å². The smallest absolute Gasteiger partial charge is 0.306 e. The second-order valence-electron chi connectivity index (χ2n) is 7.32. The number of benzene rings is 3. The quantitative estimate of drug-likeness (QED) is 0.480. The Kier molecular flexibility index (Phi) is 4.23. The summed E-state index contributed by atoms with van der Waals surface area (Å²) in [7, 11) is 0. The fourth-order valence-corrected chi connectivity index (χ4v) is 4.02. The molecule has 3 aromatic carbocycles. The van der Waals surface area contributed by atoms with Crippen molar-refractivity contribution in [2.45, 2.75) is 6.92 Å². The molecule has 0 aliphatic heterocycles. The van der Waals surface area contributed by atoms with Gasteiger partial charge in [-0.1, -0.05) is 42.5 Å². The lowest BCUT2D eigenvalue weighted by Gasteiger charge is -2.11. The maximum Gasteiger partial charge on any atom is 0.333 e. The van der Waals surface area contributed by atoms with Crippen LogP contribution < -0.4 is 11.2 Å². The van der Waals surface area contributed by atoms with Crippen molar-refractivity contribution in [3.8, 4) is 22.9 Å². The summed E-state index contributed by atoms with van der Waals surface area (Å²) < 4.78 is 1.12. The molecule has 5 rings (SSSR count). The Morgan fingerprint density at radius 2 is 1.81 bits per heavy atom. The van der Waals surface area contributed by atoms with Gasteiger partial charge in [-0.25, -0.2) is 9.36 Å². The van der Waals surface area contributed by atoms with Crippen LogP contribution >= 0.6 is 0 Å². The maximum absolute atomic E-state index is 13.3. The second-order valence-corrected chi connectivity index (χ2v) is 7.32. The maximum atomic E-state index is 13.3. The topological polar surface area (TPSA) is 91.5 Å². The average Bonchev–Trinajstić information content (AvgIpc) is 2.78. The number of pyridine rings is 1. The van der Waals surface area contributed by atoms with Crippen molar-refractivity contribution in [3.63, 3.8) is 0 Å². The van der Waals surface area contributed by atoms with Gasteiger partial charge in [0.1, 0.15) is 0 Å².